The van der Waals surface area contributed by atoms with Crippen molar-refractivity contribution in [1.82, 2.24) is 14.5 Å². The molecule has 1 aromatic heterocycles. The summed E-state index contributed by atoms with van der Waals surface area (Å²) in [6.07, 6.45) is 3.18. The lowest BCUT2D eigenvalue weighted by molar-refractivity contribution is -0.137. The van der Waals surface area contributed by atoms with Gasteiger partial charge in [-0.15, -0.1) is 0 Å². The molecule has 0 N–H and O–H groups in total. The van der Waals surface area contributed by atoms with Crippen LogP contribution in [0.3, 0.4) is 0 Å². The first-order valence-corrected chi connectivity index (χ1v) is 9.46. The summed E-state index contributed by atoms with van der Waals surface area (Å²) in [7, 11) is 0. The largest absolute Gasteiger partial charge is 0.416 e. The Bertz CT molecular complexity index is 820. The molecule has 8 heteroatoms. The molecule has 0 radical (unpaired) electrons. The molecule has 0 aliphatic carbocycles. The predicted molar refractivity (Wildman–Crippen MR) is 107 cm³/mol. The van der Waals surface area contributed by atoms with Gasteiger partial charge in [0.2, 0.25) is 0 Å². The van der Waals surface area contributed by atoms with Gasteiger partial charge in [-0.1, -0.05) is 23.7 Å². The number of halogens is 4. The SMILES string of the molecule is C/C=C\c1nc(CN2CCN(c3cccc(C(F)(F)F)c3)CC2)cn1/C=C/Cl. The van der Waals surface area contributed by atoms with Crippen molar-refractivity contribution in [2.75, 3.05) is 31.1 Å². The molecule has 0 spiro atoms. The molecule has 1 aromatic carbocycles. The molecule has 150 valence electrons. The Morgan fingerprint density at radius 2 is 1.93 bits per heavy atom. The van der Waals surface area contributed by atoms with Gasteiger partial charge in [0, 0.05) is 56.3 Å². The van der Waals surface area contributed by atoms with E-state index in [9.17, 15) is 13.2 Å². The molecule has 0 bridgehead atoms. The number of alkyl halides is 3. The third-order valence-electron chi connectivity index (χ3n) is 4.64. The Kier molecular flexibility index (Phi) is 6.46. The van der Waals surface area contributed by atoms with Crippen LogP contribution in [0.5, 0.6) is 0 Å². The summed E-state index contributed by atoms with van der Waals surface area (Å²) in [6.45, 7) is 5.47. The fourth-order valence-electron chi connectivity index (χ4n) is 3.26. The van der Waals surface area contributed by atoms with E-state index in [-0.39, 0.29) is 0 Å². The van der Waals surface area contributed by atoms with E-state index in [2.05, 4.69) is 9.88 Å². The van der Waals surface area contributed by atoms with Gasteiger partial charge < -0.3 is 9.47 Å². The molecule has 1 fully saturated rings. The predicted octanol–water partition coefficient (Wildman–Crippen LogP) is 4.92. The van der Waals surface area contributed by atoms with Crippen LogP contribution in [0.25, 0.3) is 12.3 Å². The molecule has 1 aliphatic rings. The third-order valence-corrected chi connectivity index (χ3v) is 4.75. The molecule has 1 saturated heterocycles. The molecule has 3 rings (SSSR count). The number of aromatic nitrogens is 2. The fraction of sp³-hybridized carbons (Fsp3) is 0.350. The van der Waals surface area contributed by atoms with Gasteiger partial charge in [0.05, 0.1) is 11.3 Å². The zero-order valence-electron chi connectivity index (χ0n) is 15.5. The van der Waals surface area contributed by atoms with E-state index in [1.165, 1.54) is 17.7 Å². The zero-order chi connectivity index (χ0) is 20.1. The molecule has 2 heterocycles. The van der Waals surface area contributed by atoms with Gasteiger partial charge in [-0.3, -0.25) is 4.90 Å². The summed E-state index contributed by atoms with van der Waals surface area (Å²) in [5.74, 6) is 0.803. The second kappa shape index (κ2) is 8.84. The van der Waals surface area contributed by atoms with Gasteiger partial charge in [0.1, 0.15) is 5.82 Å². The number of hydrogen-bond donors (Lipinski definition) is 0. The highest BCUT2D eigenvalue weighted by molar-refractivity contribution is 6.26. The summed E-state index contributed by atoms with van der Waals surface area (Å²) in [5, 5.41) is 0. The minimum Gasteiger partial charge on any atom is -0.369 e. The highest BCUT2D eigenvalue weighted by atomic mass is 35.5. The number of piperazine rings is 1. The molecule has 4 nitrogen and oxygen atoms in total. The Balaban J connectivity index is 1.63. The number of hydrogen-bond acceptors (Lipinski definition) is 3. The quantitative estimate of drug-likeness (QED) is 0.699. The molecule has 0 atom stereocenters. The monoisotopic (exact) mass is 410 g/mol. The lowest BCUT2D eigenvalue weighted by atomic mass is 10.1. The van der Waals surface area contributed by atoms with Gasteiger partial charge in [-0.05, 0) is 31.2 Å². The lowest BCUT2D eigenvalue weighted by Gasteiger charge is -2.36. The normalized spacial score (nSPS) is 16.5. The fourth-order valence-corrected chi connectivity index (χ4v) is 3.38. The number of nitrogens with zero attached hydrogens (tertiary/aromatic N) is 4. The Morgan fingerprint density at radius 1 is 1.18 bits per heavy atom. The molecule has 1 aliphatic heterocycles. The van der Waals surface area contributed by atoms with Crippen LogP contribution in [-0.2, 0) is 12.7 Å². The second-order valence-electron chi connectivity index (χ2n) is 6.58. The van der Waals surface area contributed by atoms with E-state index in [1.54, 1.807) is 12.3 Å². The van der Waals surface area contributed by atoms with E-state index in [1.807, 2.05) is 34.7 Å². The minimum absolute atomic E-state index is 0.609. The molecule has 2 aromatic rings. The average Bonchev–Trinajstić information content (AvgIpc) is 3.03. The Hall–Kier alpha value is -2.25. The molecular weight excluding hydrogens is 389 g/mol. The second-order valence-corrected chi connectivity index (χ2v) is 6.84. The Labute approximate surface area is 167 Å². The summed E-state index contributed by atoms with van der Waals surface area (Å²) in [4.78, 5) is 8.86. The van der Waals surface area contributed by atoms with Crippen LogP contribution < -0.4 is 4.90 Å². The van der Waals surface area contributed by atoms with Crippen LogP contribution in [0, 0.1) is 0 Å². The standard InChI is InChI=1S/C20H22ClF3N4/c1-2-4-19-25-17(15-28(19)8-7-21)14-26-9-11-27(12-10-26)18-6-3-5-16(13-18)20(22,23)24/h2-8,13,15H,9-12,14H2,1H3/b4-2-,8-7+. The Morgan fingerprint density at radius 3 is 2.57 bits per heavy atom. The van der Waals surface area contributed by atoms with Crippen molar-refractivity contribution in [3.8, 4) is 0 Å². The van der Waals surface area contributed by atoms with E-state index in [0.717, 1.165) is 30.7 Å². The van der Waals surface area contributed by atoms with Crippen molar-refractivity contribution >= 4 is 29.6 Å². The van der Waals surface area contributed by atoms with Crippen LogP contribution in [-0.4, -0.2) is 40.6 Å². The number of rotatable bonds is 5. The highest BCUT2D eigenvalue weighted by Gasteiger charge is 2.31. The maximum atomic E-state index is 12.9. The van der Waals surface area contributed by atoms with Gasteiger partial charge >= 0.3 is 6.18 Å². The number of anilines is 1. The number of benzene rings is 1. The molecule has 28 heavy (non-hydrogen) atoms. The maximum absolute atomic E-state index is 12.9. The summed E-state index contributed by atoms with van der Waals surface area (Å²) < 4.78 is 40.7. The summed E-state index contributed by atoms with van der Waals surface area (Å²) in [6, 6.07) is 5.52. The van der Waals surface area contributed by atoms with E-state index in [4.69, 9.17) is 11.6 Å². The van der Waals surface area contributed by atoms with E-state index >= 15 is 0 Å². The van der Waals surface area contributed by atoms with E-state index in [0.29, 0.717) is 25.3 Å². The average molecular weight is 411 g/mol. The smallest absolute Gasteiger partial charge is 0.369 e. The van der Waals surface area contributed by atoms with Crippen LogP contribution >= 0.6 is 11.6 Å². The molecule has 0 amide bonds. The summed E-state index contributed by atoms with van der Waals surface area (Å²) in [5.41, 5.74) is 2.37. The van der Waals surface area contributed by atoms with Gasteiger partial charge in [0.25, 0.3) is 0 Å². The van der Waals surface area contributed by atoms with Gasteiger partial charge in [-0.2, -0.15) is 13.2 Å². The van der Waals surface area contributed by atoms with Gasteiger partial charge in [-0.25, -0.2) is 4.98 Å². The van der Waals surface area contributed by atoms with Crippen LogP contribution in [0.4, 0.5) is 18.9 Å². The summed E-state index contributed by atoms with van der Waals surface area (Å²) >= 11 is 5.68. The first kappa shape index (κ1) is 20.5. The topological polar surface area (TPSA) is 24.3 Å². The number of allylic oxidation sites excluding steroid dienone is 1. The first-order chi connectivity index (χ1) is 13.4. The van der Waals surface area contributed by atoms with Gasteiger partial charge in [0.15, 0.2) is 0 Å². The van der Waals surface area contributed by atoms with Crippen LogP contribution in [0.1, 0.15) is 24.0 Å². The van der Waals surface area contributed by atoms with Crippen molar-refractivity contribution < 1.29 is 13.2 Å². The minimum atomic E-state index is -4.32. The van der Waals surface area contributed by atoms with Crippen molar-refractivity contribution in [3.05, 3.63) is 59.2 Å². The molecule has 0 saturated carbocycles. The van der Waals surface area contributed by atoms with Crippen LogP contribution in [0.2, 0.25) is 0 Å². The van der Waals surface area contributed by atoms with Crippen molar-refractivity contribution in [3.63, 3.8) is 0 Å². The first-order valence-electron chi connectivity index (χ1n) is 9.02. The van der Waals surface area contributed by atoms with Crippen LogP contribution in [0.15, 0.2) is 42.1 Å². The van der Waals surface area contributed by atoms with Crippen molar-refractivity contribution in [2.45, 2.75) is 19.6 Å². The maximum Gasteiger partial charge on any atom is 0.416 e. The van der Waals surface area contributed by atoms with Crippen molar-refractivity contribution in [1.29, 1.82) is 0 Å². The van der Waals surface area contributed by atoms with Crippen molar-refractivity contribution in [2.24, 2.45) is 0 Å². The molecule has 0 unspecified atom stereocenters. The third kappa shape index (κ3) is 4.97. The number of imidazole rings is 1. The molecular formula is C20H22ClF3N4. The lowest BCUT2D eigenvalue weighted by Crippen LogP contribution is -2.46. The highest BCUT2D eigenvalue weighted by Crippen LogP contribution is 2.31. The zero-order valence-corrected chi connectivity index (χ0v) is 16.3. The van der Waals surface area contributed by atoms with E-state index < -0.39 is 11.7 Å².